The van der Waals surface area contributed by atoms with E-state index in [0.29, 0.717) is 0 Å². The van der Waals surface area contributed by atoms with Gasteiger partial charge in [-0.2, -0.15) is 0 Å². The lowest BCUT2D eigenvalue weighted by molar-refractivity contribution is 0.272. The van der Waals surface area contributed by atoms with E-state index in [1.54, 1.807) is 7.11 Å². The fourth-order valence-electron chi connectivity index (χ4n) is 3.46. The minimum atomic E-state index is 0.796. The standard InChI is InChI=1S/C17H24N2O/c1-18-11-9-15-12-19(13-17(15)18)10-3-4-14-5-7-16(20-2)8-6-14/h3-8,15,17H,9-13H2,1-2H3/t15-,17+/m0/s1. The maximum atomic E-state index is 5.17. The molecule has 1 aromatic carbocycles. The highest BCUT2D eigenvalue weighted by molar-refractivity contribution is 5.50. The minimum Gasteiger partial charge on any atom is -0.497 e. The zero-order chi connectivity index (χ0) is 13.9. The lowest BCUT2D eigenvalue weighted by Gasteiger charge is -2.19. The number of hydrogen-bond donors (Lipinski definition) is 0. The van der Waals surface area contributed by atoms with Crippen LogP contribution in [0.3, 0.4) is 0 Å². The van der Waals surface area contributed by atoms with Gasteiger partial charge >= 0.3 is 0 Å². The molecular formula is C17H24N2O. The molecule has 0 N–H and O–H groups in total. The highest BCUT2D eigenvalue weighted by Gasteiger charge is 2.38. The Morgan fingerprint density at radius 2 is 2.05 bits per heavy atom. The second-order valence-electron chi connectivity index (χ2n) is 5.99. The second kappa shape index (κ2) is 5.98. The van der Waals surface area contributed by atoms with Crippen molar-refractivity contribution in [3.8, 4) is 5.75 Å². The van der Waals surface area contributed by atoms with Crippen LogP contribution in [0, 0.1) is 5.92 Å². The molecule has 2 saturated heterocycles. The number of methoxy groups -OCH3 is 1. The SMILES string of the molecule is COc1ccc(C=CCN2C[C@@H]3CCN(C)[C@@H]3C2)cc1. The molecule has 108 valence electrons. The molecule has 0 aliphatic carbocycles. The highest BCUT2D eigenvalue weighted by atomic mass is 16.5. The molecular weight excluding hydrogens is 248 g/mol. The molecule has 2 aliphatic heterocycles. The lowest BCUT2D eigenvalue weighted by Crippen LogP contribution is -2.32. The van der Waals surface area contributed by atoms with E-state index in [2.05, 4.69) is 41.1 Å². The molecule has 3 heteroatoms. The molecule has 20 heavy (non-hydrogen) atoms. The van der Waals surface area contributed by atoms with Crippen molar-refractivity contribution >= 4 is 6.08 Å². The van der Waals surface area contributed by atoms with Crippen molar-refractivity contribution < 1.29 is 4.74 Å². The van der Waals surface area contributed by atoms with E-state index in [-0.39, 0.29) is 0 Å². The molecule has 0 radical (unpaired) electrons. The first-order valence-electron chi connectivity index (χ1n) is 7.49. The van der Waals surface area contributed by atoms with Crippen LogP contribution in [0.25, 0.3) is 6.08 Å². The summed E-state index contributed by atoms with van der Waals surface area (Å²) in [7, 11) is 3.97. The predicted molar refractivity (Wildman–Crippen MR) is 83.0 cm³/mol. The van der Waals surface area contributed by atoms with Crippen LogP contribution in [0.4, 0.5) is 0 Å². The second-order valence-corrected chi connectivity index (χ2v) is 5.99. The summed E-state index contributed by atoms with van der Waals surface area (Å²) >= 11 is 0. The topological polar surface area (TPSA) is 15.7 Å². The summed E-state index contributed by atoms with van der Waals surface area (Å²) in [4.78, 5) is 5.10. The summed E-state index contributed by atoms with van der Waals surface area (Å²) in [5.74, 6) is 1.81. The van der Waals surface area contributed by atoms with Crippen molar-refractivity contribution in [2.45, 2.75) is 12.5 Å². The maximum Gasteiger partial charge on any atom is 0.118 e. The van der Waals surface area contributed by atoms with Gasteiger partial charge in [0.25, 0.3) is 0 Å². The Morgan fingerprint density at radius 3 is 2.75 bits per heavy atom. The van der Waals surface area contributed by atoms with Crippen molar-refractivity contribution in [3.05, 3.63) is 35.9 Å². The van der Waals surface area contributed by atoms with Gasteiger partial charge in [-0.05, 0) is 43.6 Å². The molecule has 0 spiro atoms. The van der Waals surface area contributed by atoms with Crippen LogP contribution >= 0.6 is 0 Å². The first-order valence-corrected chi connectivity index (χ1v) is 7.49. The Labute approximate surface area is 121 Å². The largest absolute Gasteiger partial charge is 0.497 e. The molecule has 3 nitrogen and oxygen atoms in total. The third-order valence-electron chi connectivity index (χ3n) is 4.69. The van der Waals surface area contributed by atoms with Crippen molar-refractivity contribution in [1.29, 1.82) is 0 Å². The molecule has 2 fully saturated rings. The Kier molecular flexibility index (Phi) is 4.08. The molecule has 2 aliphatic rings. The fraction of sp³-hybridized carbons (Fsp3) is 0.529. The molecule has 2 heterocycles. The maximum absolute atomic E-state index is 5.17. The van der Waals surface area contributed by atoms with E-state index >= 15 is 0 Å². The summed E-state index contributed by atoms with van der Waals surface area (Å²) < 4.78 is 5.17. The van der Waals surface area contributed by atoms with Gasteiger partial charge in [0.2, 0.25) is 0 Å². The van der Waals surface area contributed by atoms with Gasteiger partial charge in [0.1, 0.15) is 5.75 Å². The Morgan fingerprint density at radius 1 is 1.25 bits per heavy atom. The highest BCUT2D eigenvalue weighted by Crippen LogP contribution is 2.29. The summed E-state index contributed by atoms with van der Waals surface area (Å²) in [6.45, 7) is 4.84. The summed E-state index contributed by atoms with van der Waals surface area (Å²) in [6.07, 6.45) is 5.86. The number of rotatable bonds is 4. The van der Waals surface area contributed by atoms with E-state index in [1.807, 2.05) is 12.1 Å². The molecule has 3 rings (SSSR count). The Bertz CT molecular complexity index is 468. The Hall–Kier alpha value is -1.32. The number of hydrogen-bond acceptors (Lipinski definition) is 3. The van der Waals surface area contributed by atoms with Gasteiger partial charge in [0, 0.05) is 25.7 Å². The van der Waals surface area contributed by atoms with E-state index in [1.165, 1.54) is 31.6 Å². The number of ether oxygens (including phenoxy) is 1. The molecule has 2 atom stereocenters. The van der Waals surface area contributed by atoms with Crippen LogP contribution in [0.2, 0.25) is 0 Å². The third-order valence-corrected chi connectivity index (χ3v) is 4.69. The van der Waals surface area contributed by atoms with E-state index in [9.17, 15) is 0 Å². The van der Waals surface area contributed by atoms with Crippen LogP contribution in [-0.4, -0.2) is 56.2 Å². The number of nitrogens with zero attached hydrogens (tertiary/aromatic N) is 2. The third kappa shape index (κ3) is 2.89. The van der Waals surface area contributed by atoms with Gasteiger partial charge in [0.05, 0.1) is 7.11 Å². The zero-order valence-corrected chi connectivity index (χ0v) is 12.5. The quantitative estimate of drug-likeness (QED) is 0.837. The zero-order valence-electron chi connectivity index (χ0n) is 12.5. The van der Waals surface area contributed by atoms with Gasteiger partial charge in [-0.1, -0.05) is 24.3 Å². The summed E-state index contributed by atoms with van der Waals surface area (Å²) in [5, 5.41) is 0. The average molecular weight is 272 g/mol. The predicted octanol–water partition coefficient (Wildman–Crippen LogP) is 2.34. The van der Waals surface area contributed by atoms with Gasteiger partial charge < -0.3 is 9.64 Å². The molecule has 0 bridgehead atoms. The van der Waals surface area contributed by atoms with E-state index in [0.717, 1.165) is 24.3 Å². The van der Waals surface area contributed by atoms with Gasteiger partial charge in [0.15, 0.2) is 0 Å². The molecule has 0 saturated carbocycles. The van der Waals surface area contributed by atoms with Crippen molar-refractivity contribution in [2.24, 2.45) is 5.92 Å². The van der Waals surface area contributed by atoms with Gasteiger partial charge in [-0.15, -0.1) is 0 Å². The molecule has 1 aromatic rings. The van der Waals surface area contributed by atoms with Crippen LogP contribution in [0.15, 0.2) is 30.3 Å². The minimum absolute atomic E-state index is 0.796. The first kappa shape index (κ1) is 13.7. The fourth-order valence-corrected chi connectivity index (χ4v) is 3.46. The van der Waals surface area contributed by atoms with Crippen LogP contribution in [0.1, 0.15) is 12.0 Å². The van der Waals surface area contributed by atoms with Gasteiger partial charge in [-0.3, -0.25) is 4.90 Å². The number of benzene rings is 1. The number of likely N-dealkylation sites (N-methyl/N-ethyl adjacent to an activating group) is 1. The van der Waals surface area contributed by atoms with Crippen molar-refractivity contribution in [2.75, 3.05) is 40.3 Å². The monoisotopic (exact) mass is 272 g/mol. The van der Waals surface area contributed by atoms with Crippen LogP contribution in [-0.2, 0) is 0 Å². The molecule has 0 amide bonds. The smallest absolute Gasteiger partial charge is 0.118 e. The summed E-state index contributed by atoms with van der Waals surface area (Å²) in [6, 6.07) is 9.01. The molecule has 0 unspecified atom stereocenters. The van der Waals surface area contributed by atoms with Crippen LogP contribution < -0.4 is 4.74 Å². The van der Waals surface area contributed by atoms with Crippen molar-refractivity contribution in [3.63, 3.8) is 0 Å². The molecule has 0 aromatic heterocycles. The first-order chi connectivity index (χ1) is 9.76. The Balaban J connectivity index is 1.51. The van der Waals surface area contributed by atoms with E-state index in [4.69, 9.17) is 4.74 Å². The van der Waals surface area contributed by atoms with E-state index < -0.39 is 0 Å². The summed E-state index contributed by atoms with van der Waals surface area (Å²) in [5.41, 5.74) is 1.24. The van der Waals surface area contributed by atoms with Gasteiger partial charge in [-0.25, -0.2) is 0 Å². The average Bonchev–Trinajstić information content (AvgIpc) is 3.02. The van der Waals surface area contributed by atoms with Crippen LogP contribution in [0.5, 0.6) is 5.75 Å². The number of fused-ring (bicyclic) bond motifs is 1. The lowest BCUT2D eigenvalue weighted by atomic mass is 10.1. The normalized spacial score (nSPS) is 27.3. The van der Waals surface area contributed by atoms with Crippen molar-refractivity contribution in [1.82, 2.24) is 9.80 Å². The number of likely N-dealkylation sites (tertiary alicyclic amines) is 2.